The fourth-order valence-corrected chi connectivity index (χ4v) is 3.70. The smallest absolute Gasteiger partial charge is 0.165 e. The summed E-state index contributed by atoms with van der Waals surface area (Å²) in [5.41, 5.74) is 0.594. The second kappa shape index (κ2) is 7.54. The molecule has 0 amide bonds. The van der Waals surface area contributed by atoms with Gasteiger partial charge in [0.1, 0.15) is 0 Å². The summed E-state index contributed by atoms with van der Waals surface area (Å²) in [6.45, 7) is 2.87. The van der Waals surface area contributed by atoms with E-state index in [4.69, 9.17) is 11.6 Å². The molecule has 1 unspecified atom stereocenters. The van der Waals surface area contributed by atoms with Crippen LogP contribution in [-0.4, -0.2) is 24.3 Å². The van der Waals surface area contributed by atoms with Crippen molar-refractivity contribution in [3.63, 3.8) is 0 Å². The van der Waals surface area contributed by atoms with Gasteiger partial charge in [-0.05, 0) is 43.6 Å². The lowest BCUT2D eigenvalue weighted by molar-refractivity contribution is 0.0962. The fourth-order valence-electron chi connectivity index (χ4n) is 2.07. The molecule has 0 radical (unpaired) electrons. The Hall–Kier alpha value is -0.680. The van der Waals surface area contributed by atoms with Crippen molar-refractivity contribution in [1.82, 2.24) is 4.90 Å². The van der Waals surface area contributed by atoms with Gasteiger partial charge < -0.3 is 0 Å². The second-order valence-electron chi connectivity index (χ2n) is 4.97. The Morgan fingerprint density at radius 1 is 1.43 bits per heavy atom. The summed E-state index contributed by atoms with van der Waals surface area (Å²) in [5, 5.41) is 2.58. The Kier molecular flexibility index (Phi) is 5.99. The molecule has 0 aliphatic rings. The van der Waals surface area contributed by atoms with Gasteiger partial charge in [0.2, 0.25) is 0 Å². The third-order valence-electron chi connectivity index (χ3n) is 3.54. The highest BCUT2D eigenvalue weighted by atomic mass is 79.9. The molecule has 21 heavy (non-hydrogen) atoms. The molecule has 1 aromatic carbocycles. The van der Waals surface area contributed by atoms with Crippen LogP contribution in [0.1, 0.15) is 34.6 Å². The molecule has 0 aliphatic carbocycles. The van der Waals surface area contributed by atoms with Crippen molar-refractivity contribution >= 4 is 44.7 Å². The molecule has 0 fully saturated rings. The number of thiophene rings is 1. The van der Waals surface area contributed by atoms with E-state index in [1.54, 1.807) is 23.5 Å². The monoisotopic (exact) mass is 385 g/mol. The van der Waals surface area contributed by atoms with Crippen molar-refractivity contribution < 1.29 is 4.79 Å². The van der Waals surface area contributed by atoms with E-state index >= 15 is 0 Å². The number of halogens is 2. The van der Waals surface area contributed by atoms with Crippen LogP contribution in [-0.2, 0) is 0 Å². The average Bonchev–Trinajstić information content (AvgIpc) is 2.97. The van der Waals surface area contributed by atoms with E-state index in [1.165, 1.54) is 4.88 Å². The minimum atomic E-state index is 0.0812. The lowest BCUT2D eigenvalue weighted by Gasteiger charge is -2.23. The second-order valence-corrected chi connectivity index (χ2v) is 7.27. The first-order valence-corrected chi connectivity index (χ1v) is 8.76. The van der Waals surface area contributed by atoms with Gasteiger partial charge >= 0.3 is 0 Å². The highest BCUT2D eigenvalue weighted by Gasteiger charge is 2.16. The average molecular weight is 387 g/mol. The molecular formula is C16H17BrClNOS. The van der Waals surface area contributed by atoms with Gasteiger partial charge in [-0.1, -0.05) is 33.6 Å². The molecule has 0 bridgehead atoms. The summed E-state index contributed by atoms with van der Waals surface area (Å²) < 4.78 is 0.882. The Bertz CT molecular complexity index is 615. The van der Waals surface area contributed by atoms with Gasteiger partial charge in [-0.3, -0.25) is 9.69 Å². The maximum Gasteiger partial charge on any atom is 0.165 e. The number of rotatable bonds is 6. The molecule has 0 saturated carbocycles. The highest BCUT2D eigenvalue weighted by molar-refractivity contribution is 9.10. The van der Waals surface area contributed by atoms with Crippen LogP contribution in [0.3, 0.4) is 0 Å². The molecule has 112 valence electrons. The van der Waals surface area contributed by atoms with E-state index in [0.29, 0.717) is 29.6 Å². The summed E-state index contributed by atoms with van der Waals surface area (Å²) in [6, 6.07) is 9.87. The molecule has 0 aliphatic heterocycles. The number of nitrogens with zero attached hydrogens (tertiary/aromatic N) is 1. The molecular weight excluding hydrogens is 370 g/mol. The zero-order valence-corrected chi connectivity index (χ0v) is 15.1. The zero-order valence-electron chi connectivity index (χ0n) is 12.0. The summed E-state index contributed by atoms with van der Waals surface area (Å²) in [6.07, 6.45) is 0.466. The van der Waals surface area contributed by atoms with Crippen molar-refractivity contribution in [3.05, 3.63) is 55.6 Å². The van der Waals surface area contributed by atoms with Crippen LogP contribution in [0, 0.1) is 0 Å². The number of benzene rings is 1. The third kappa shape index (κ3) is 4.39. The minimum absolute atomic E-state index is 0.0812. The summed E-state index contributed by atoms with van der Waals surface area (Å²) in [7, 11) is 2.04. The maximum absolute atomic E-state index is 12.3. The predicted molar refractivity (Wildman–Crippen MR) is 93.5 cm³/mol. The number of ketones is 1. The van der Waals surface area contributed by atoms with Crippen LogP contribution in [0.25, 0.3) is 0 Å². The molecule has 1 heterocycles. The van der Waals surface area contributed by atoms with Crippen LogP contribution in [0.15, 0.2) is 40.2 Å². The molecule has 0 saturated heterocycles. The number of carbonyl (C=O) groups excluding carboxylic acids is 1. The van der Waals surface area contributed by atoms with Crippen molar-refractivity contribution in [2.24, 2.45) is 0 Å². The minimum Gasteiger partial charge on any atom is -0.298 e. The SMILES string of the molecule is CC(c1cccs1)N(C)CCC(=O)c1ccc(Br)cc1Cl. The Balaban J connectivity index is 1.94. The van der Waals surface area contributed by atoms with Crippen LogP contribution < -0.4 is 0 Å². The lowest BCUT2D eigenvalue weighted by atomic mass is 10.1. The standard InChI is InChI=1S/C16H17BrClNOS/c1-11(16-4-3-9-21-16)19(2)8-7-15(20)13-6-5-12(17)10-14(13)18/h3-6,9-11H,7-8H2,1-2H3. The first kappa shape index (κ1) is 16.7. The topological polar surface area (TPSA) is 20.3 Å². The number of Topliss-reactive ketones (excluding diaryl/α,β-unsaturated/α-hetero) is 1. The molecule has 1 aromatic heterocycles. The molecule has 1 atom stereocenters. The van der Waals surface area contributed by atoms with Gasteiger partial charge in [-0.25, -0.2) is 0 Å². The molecule has 5 heteroatoms. The van der Waals surface area contributed by atoms with Crippen molar-refractivity contribution in [1.29, 1.82) is 0 Å². The van der Waals surface area contributed by atoms with E-state index in [-0.39, 0.29) is 5.78 Å². The molecule has 2 aromatic rings. The van der Waals surface area contributed by atoms with E-state index in [0.717, 1.165) is 4.47 Å². The van der Waals surface area contributed by atoms with Crippen molar-refractivity contribution in [2.45, 2.75) is 19.4 Å². The Morgan fingerprint density at radius 3 is 2.81 bits per heavy atom. The Morgan fingerprint density at radius 2 is 2.19 bits per heavy atom. The van der Waals surface area contributed by atoms with Crippen LogP contribution in [0.4, 0.5) is 0 Å². The zero-order chi connectivity index (χ0) is 15.4. The highest BCUT2D eigenvalue weighted by Crippen LogP contribution is 2.25. The van der Waals surface area contributed by atoms with E-state index in [2.05, 4.69) is 45.3 Å². The Labute approximate surface area is 142 Å². The lowest BCUT2D eigenvalue weighted by Crippen LogP contribution is -2.24. The van der Waals surface area contributed by atoms with Gasteiger partial charge in [-0.2, -0.15) is 0 Å². The quantitative estimate of drug-likeness (QED) is 0.617. The summed E-state index contributed by atoms with van der Waals surface area (Å²) in [5.74, 6) is 0.0812. The third-order valence-corrected chi connectivity index (χ3v) is 5.39. The predicted octanol–water partition coefficient (Wildman–Crippen LogP) is 5.43. The van der Waals surface area contributed by atoms with E-state index in [1.807, 2.05) is 13.1 Å². The fraction of sp³-hybridized carbons (Fsp3) is 0.312. The van der Waals surface area contributed by atoms with Gasteiger partial charge in [0.15, 0.2) is 5.78 Å². The van der Waals surface area contributed by atoms with Crippen LogP contribution in [0.2, 0.25) is 5.02 Å². The normalized spacial score (nSPS) is 12.6. The van der Waals surface area contributed by atoms with Gasteiger partial charge in [0.05, 0.1) is 5.02 Å². The molecule has 0 N–H and O–H groups in total. The largest absolute Gasteiger partial charge is 0.298 e. The molecule has 0 spiro atoms. The van der Waals surface area contributed by atoms with Crippen molar-refractivity contribution in [3.8, 4) is 0 Å². The van der Waals surface area contributed by atoms with Gasteiger partial charge in [-0.15, -0.1) is 11.3 Å². The number of hydrogen-bond donors (Lipinski definition) is 0. The van der Waals surface area contributed by atoms with Gasteiger partial charge in [0, 0.05) is 33.9 Å². The van der Waals surface area contributed by atoms with Gasteiger partial charge in [0.25, 0.3) is 0 Å². The van der Waals surface area contributed by atoms with E-state index < -0.39 is 0 Å². The molecule has 2 nitrogen and oxygen atoms in total. The van der Waals surface area contributed by atoms with Crippen LogP contribution >= 0.6 is 38.9 Å². The first-order chi connectivity index (χ1) is 9.99. The number of carbonyl (C=O) groups is 1. The molecule has 2 rings (SSSR count). The van der Waals surface area contributed by atoms with Crippen LogP contribution in [0.5, 0.6) is 0 Å². The van der Waals surface area contributed by atoms with Crippen molar-refractivity contribution in [2.75, 3.05) is 13.6 Å². The van der Waals surface area contributed by atoms with E-state index in [9.17, 15) is 4.79 Å². The summed E-state index contributed by atoms with van der Waals surface area (Å²) >= 11 is 11.2. The summed E-state index contributed by atoms with van der Waals surface area (Å²) in [4.78, 5) is 15.8. The number of hydrogen-bond acceptors (Lipinski definition) is 3. The first-order valence-electron chi connectivity index (χ1n) is 6.71. The maximum atomic E-state index is 12.3.